The van der Waals surface area contributed by atoms with Gasteiger partial charge in [0.05, 0.1) is 11.9 Å². The molecule has 1 amide bonds. The number of thioether (sulfide) groups is 1. The van der Waals surface area contributed by atoms with Crippen LogP contribution in [-0.4, -0.2) is 53.9 Å². The van der Waals surface area contributed by atoms with E-state index >= 15 is 0 Å². The Kier molecular flexibility index (Phi) is 7.85. The molecule has 1 rings (SSSR count). The molecule has 0 saturated heterocycles. The minimum atomic E-state index is -1.01. The first-order chi connectivity index (χ1) is 10.1. The number of aliphatic carboxylic acids is 1. The molecule has 21 heavy (non-hydrogen) atoms. The molecule has 0 aliphatic rings. The molecule has 0 radical (unpaired) electrons. The van der Waals surface area contributed by atoms with Crippen molar-refractivity contribution in [2.75, 3.05) is 26.8 Å². The van der Waals surface area contributed by atoms with Crippen LogP contribution in [0.5, 0.6) is 0 Å². The van der Waals surface area contributed by atoms with E-state index in [4.69, 9.17) is 9.84 Å². The van der Waals surface area contributed by atoms with Crippen molar-refractivity contribution in [3.8, 4) is 0 Å². The van der Waals surface area contributed by atoms with Crippen LogP contribution in [0.15, 0.2) is 35.2 Å². The van der Waals surface area contributed by atoms with Gasteiger partial charge in [0.1, 0.15) is 6.54 Å². The number of carbonyl (C=O) groups is 2. The topological polar surface area (TPSA) is 66.8 Å². The number of hydrogen-bond donors (Lipinski definition) is 1. The highest BCUT2D eigenvalue weighted by atomic mass is 32.2. The van der Waals surface area contributed by atoms with Gasteiger partial charge in [0, 0.05) is 18.6 Å². The number of rotatable bonds is 9. The summed E-state index contributed by atoms with van der Waals surface area (Å²) in [6.45, 7) is 2.24. The summed E-state index contributed by atoms with van der Waals surface area (Å²) in [5.74, 6) is -1.18. The van der Waals surface area contributed by atoms with Crippen molar-refractivity contribution >= 4 is 23.6 Å². The molecular weight excluding hydrogens is 290 g/mol. The summed E-state index contributed by atoms with van der Waals surface area (Å²) in [5.41, 5.74) is 0. The number of methoxy groups -OCH3 is 1. The van der Waals surface area contributed by atoms with Crippen LogP contribution in [0.3, 0.4) is 0 Å². The van der Waals surface area contributed by atoms with Gasteiger partial charge >= 0.3 is 5.97 Å². The fourth-order valence-corrected chi connectivity index (χ4v) is 2.87. The van der Waals surface area contributed by atoms with E-state index in [2.05, 4.69) is 0 Å². The lowest BCUT2D eigenvalue weighted by Crippen LogP contribution is -2.42. The van der Waals surface area contributed by atoms with Crippen LogP contribution in [0, 0.1) is 0 Å². The molecule has 1 atom stereocenters. The third-order valence-corrected chi connectivity index (χ3v) is 4.23. The van der Waals surface area contributed by atoms with Crippen LogP contribution < -0.4 is 0 Å². The number of hydrogen-bond acceptors (Lipinski definition) is 4. The number of ether oxygens (including phenoxy) is 1. The first-order valence-electron chi connectivity index (χ1n) is 6.79. The molecule has 0 fully saturated rings. The summed E-state index contributed by atoms with van der Waals surface area (Å²) in [5, 5.41) is 8.65. The molecule has 1 N–H and O–H groups in total. The smallest absolute Gasteiger partial charge is 0.323 e. The molecule has 1 unspecified atom stereocenters. The summed E-state index contributed by atoms with van der Waals surface area (Å²) < 4.78 is 4.94. The lowest BCUT2D eigenvalue weighted by Gasteiger charge is -2.25. The lowest BCUT2D eigenvalue weighted by atomic mass is 10.3. The minimum absolute atomic E-state index is 0.161. The molecule has 0 aliphatic heterocycles. The molecule has 0 aromatic heterocycles. The zero-order chi connectivity index (χ0) is 15.7. The molecule has 0 spiro atoms. The second-order valence-electron chi connectivity index (χ2n) is 4.47. The highest BCUT2D eigenvalue weighted by Gasteiger charge is 2.25. The second-order valence-corrected chi connectivity index (χ2v) is 5.75. The van der Waals surface area contributed by atoms with Crippen LogP contribution in [0.4, 0.5) is 0 Å². The molecular formula is C15H21NO4S. The number of carboxylic acid groups (broad SMARTS) is 1. The Bertz CT molecular complexity index is 452. The zero-order valence-corrected chi connectivity index (χ0v) is 13.1. The lowest BCUT2D eigenvalue weighted by molar-refractivity contribution is -0.144. The van der Waals surface area contributed by atoms with Gasteiger partial charge in [-0.1, -0.05) is 25.1 Å². The summed E-state index contributed by atoms with van der Waals surface area (Å²) in [6.07, 6.45) is 0.640. The van der Waals surface area contributed by atoms with E-state index in [1.165, 1.54) is 23.8 Å². The number of benzene rings is 1. The molecule has 6 heteroatoms. The van der Waals surface area contributed by atoms with E-state index in [1.54, 1.807) is 0 Å². The van der Waals surface area contributed by atoms with E-state index in [0.29, 0.717) is 13.0 Å². The Hall–Kier alpha value is -1.53. The predicted octanol–water partition coefficient (Wildman–Crippen LogP) is 2.12. The van der Waals surface area contributed by atoms with E-state index < -0.39 is 5.97 Å². The standard InChI is InChI=1S/C15H21NO4S/c1-3-13(21-12-7-5-4-6-8-12)15(19)16(9-10-20-2)11-14(17)18/h4-8,13H,3,9-11H2,1-2H3,(H,17,18). The van der Waals surface area contributed by atoms with Crippen molar-refractivity contribution in [2.24, 2.45) is 0 Å². The van der Waals surface area contributed by atoms with E-state index in [1.807, 2.05) is 37.3 Å². The molecule has 1 aromatic carbocycles. The molecule has 116 valence electrons. The summed E-state index contributed by atoms with van der Waals surface area (Å²) in [6, 6.07) is 9.63. The van der Waals surface area contributed by atoms with Gasteiger partial charge < -0.3 is 14.7 Å². The Morgan fingerprint density at radius 3 is 2.52 bits per heavy atom. The van der Waals surface area contributed by atoms with Crippen LogP contribution in [-0.2, 0) is 14.3 Å². The average molecular weight is 311 g/mol. The first kappa shape index (κ1) is 17.5. The Morgan fingerprint density at radius 2 is 2.00 bits per heavy atom. The van der Waals surface area contributed by atoms with Crippen molar-refractivity contribution < 1.29 is 19.4 Å². The average Bonchev–Trinajstić information content (AvgIpc) is 2.49. The minimum Gasteiger partial charge on any atom is -0.480 e. The number of amides is 1. The van der Waals surface area contributed by atoms with Gasteiger partial charge in [-0.15, -0.1) is 11.8 Å². The Balaban J connectivity index is 2.75. The molecule has 0 bridgehead atoms. The van der Waals surface area contributed by atoms with Crippen molar-refractivity contribution in [2.45, 2.75) is 23.5 Å². The van der Waals surface area contributed by atoms with Gasteiger partial charge in [0.25, 0.3) is 0 Å². The summed E-state index contributed by atoms with van der Waals surface area (Å²) in [4.78, 5) is 25.8. The Morgan fingerprint density at radius 1 is 1.33 bits per heavy atom. The molecule has 1 aromatic rings. The quantitative estimate of drug-likeness (QED) is 0.708. The van der Waals surface area contributed by atoms with Gasteiger partial charge in [-0.05, 0) is 18.6 Å². The van der Waals surface area contributed by atoms with Crippen molar-refractivity contribution in [3.05, 3.63) is 30.3 Å². The predicted molar refractivity (Wildman–Crippen MR) is 82.5 cm³/mol. The molecule has 0 aliphatic carbocycles. The van der Waals surface area contributed by atoms with Gasteiger partial charge in [-0.2, -0.15) is 0 Å². The Labute approximate surface area is 129 Å². The fourth-order valence-electron chi connectivity index (χ4n) is 1.81. The molecule has 5 nitrogen and oxygen atoms in total. The highest BCUT2D eigenvalue weighted by molar-refractivity contribution is 8.00. The van der Waals surface area contributed by atoms with Gasteiger partial charge in [0.2, 0.25) is 5.91 Å². The maximum absolute atomic E-state index is 12.5. The maximum atomic E-state index is 12.5. The van der Waals surface area contributed by atoms with E-state index in [0.717, 1.165) is 4.90 Å². The van der Waals surface area contributed by atoms with Crippen LogP contribution >= 0.6 is 11.8 Å². The van der Waals surface area contributed by atoms with Crippen molar-refractivity contribution in [3.63, 3.8) is 0 Å². The van der Waals surface area contributed by atoms with Crippen molar-refractivity contribution in [1.29, 1.82) is 0 Å². The van der Waals surface area contributed by atoms with E-state index in [9.17, 15) is 9.59 Å². The van der Waals surface area contributed by atoms with Crippen LogP contribution in [0.2, 0.25) is 0 Å². The zero-order valence-electron chi connectivity index (χ0n) is 12.3. The molecule has 0 heterocycles. The van der Waals surface area contributed by atoms with E-state index in [-0.39, 0.29) is 24.2 Å². The van der Waals surface area contributed by atoms with Crippen LogP contribution in [0.25, 0.3) is 0 Å². The first-order valence-corrected chi connectivity index (χ1v) is 7.67. The van der Waals surface area contributed by atoms with Gasteiger partial charge in [-0.3, -0.25) is 9.59 Å². The van der Waals surface area contributed by atoms with Crippen LogP contribution in [0.1, 0.15) is 13.3 Å². The van der Waals surface area contributed by atoms with Gasteiger partial charge in [0.15, 0.2) is 0 Å². The third-order valence-electron chi connectivity index (χ3n) is 2.87. The number of carbonyl (C=O) groups excluding carboxylic acids is 1. The second kappa shape index (κ2) is 9.41. The summed E-state index contributed by atoms with van der Waals surface area (Å²) in [7, 11) is 1.53. The maximum Gasteiger partial charge on any atom is 0.323 e. The fraction of sp³-hybridized carbons (Fsp3) is 0.467. The molecule has 0 saturated carbocycles. The largest absolute Gasteiger partial charge is 0.480 e. The van der Waals surface area contributed by atoms with Gasteiger partial charge in [-0.25, -0.2) is 0 Å². The highest BCUT2D eigenvalue weighted by Crippen LogP contribution is 2.26. The summed E-state index contributed by atoms with van der Waals surface area (Å²) >= 11 is 1.46. The number of nitrogens with zero attached hydrogens (tertiary/aromatic N) is 1. The monoisotopic (exact) mass is 311 g/mol. The third kappa shape index (κ3) is 6.18. The SMILES string of the molecule is CCC(Sc1ccccc1)C(=O)N(CCOC)CC(=O)O. The van der Waals surface area contributed by atoms with Crippen molar-refractivity contribution in [1.82, 2.24) is 4.90 Å². The normalized spacial score (nSPS) is 11.9. The number of carboxylic acids is 1.